The van der Waals surface area contributed by atoms with Gasteiger partial charge in [-0.15, -0.1) is 0 Å². The molecule has 3 heteroatoms. The van der Waals surface area contributed by atoms with Crippen molar-refractivity contribution in [2.75, 3.05) is 11.9 Å². The number of rotatable bonds is 6. The molecular weight excluding hydrogens is 266 g/mol. The Hall–Kier alpha value is -0.280. The fraction of sp³-hybridized carbons (Fsp3) is 0.692. The van der Waals surface area contributed by atoms with Crippen LogP contribution in [0.5, 0.6) is 0 Å². The highest BCUT2D eigenvalue weighted by Gasteiger charge is 2.45. The molecule has 0 radical (unpaired) electrons. The van der Waals surface area contributed by atoms with Crippen LogP contribution < -0.4 is 0 Å². The molecule has 88 valence electrons. The number of halogens is 1. The molecule has 0 bridgehead atoms. The number of hydrogen-bond donors (Lipinski definition) is 0. The highest BCUT2D eigenvalue weighted by molar-refractivity contribution is 9.09. The summed E-state index contributed by atoms with van der Waals surface area (Å²) in [4.78, 5) is 2.62. The van der Waals surface area contributed by atoms with Gasteiger partial charge >= 0.3 is 0 Å². The Bertz CT molecular complexity index is 341. The van der Waals surface area contributed by atoms with Crippen molar-refractivity contribution in [2.45, 2.75) is 38.3 Å². The van der Waals surface area contributed by atoms with Crippen LogP contribution in [-0.2, 0) is 6.54 Å². The molecule has 0 amide bonds. The van der Waals surface area contributed by atoms with Crippen LogP contribution in [0.3, 0.4) is 0 Å². The largest absolute Gasteiger partial charge is 0.468 e. The van der Waals surface area contributed by atoms with E-state index in [1.54, 1.807) is 6.26 Å². The number of furan rings is 1. The summed E-state index contributed by atoms with van der Waals surface area (Å²) in [5.74, 6) is 1.11. The summed E-state index contributed by atoms with van der Waals surface area (Å²) >= 11 is 3.66. The minimum atomic E-state index is 0.579. The molecule has 1 heterocycles. The zero-order valence-corrected chi connectivity index (χ0v) is 11.1. The van der Waals surface area contributed by atoms with E-state index in [0.717, 1.165) is 23.7 Å². The van der Waals surface area contributed by atoms with Crippen LogP contribution >= 0.6 is 15.9 Å². The fourth-order valence-electron chi connectivity index (χ4n) is 2.30. The van der Waals surface area contributed by atoms with Gasteiger partial charge in [0.15, 0.2) is 0 Å². The van der Waals surface area contributed by atoms with Crippen LogP contribution in [0, 0.1) is 5.41 Å². The van der Waals surface area contributed by atoms with Gasteiger partial charge in [0, 0.05) is 17.9 Å². The molecule has 0 aliphatic heterocycles. The van der Waals surface area contributed by atoms with Gasteiger partial charge in [-0.1, -0.05) is 15.9 Å². The van der Waals surface area contributed by atoms with E-state index in [9.17, 15) is 0 Å². The van der Waals surface area contributed by atoms with Crippen LogP contribution in [0.1, 0.15) is 31.4 Å². The standard InChI is InChI=1S/C13H18BrNO/c14-9-13(5-6-13)10-15(11-3-4-11)8-12-2-1-7-16-12/h1-2,7,11H,3-6,8-10H2. The molecule has 1 aromatic heterocycles. The van der Waals surface area contributed by atoms with Crippen LogP contribution in [-0.4, -0.2) is 22.8 Å². The first-order valence-corrected chi connectivity index (χ1v) is 7.26. The first-order valence-electron chi connectivity index (χ1n) is 6.14. The van der Waals surface area contributed by atoms with Gasteiger partial charge in [-0.3, -0.25) is 4.90 Å². The third-order valence-corrected chi connectivity index (χ3v) is 4.97. The summed E-state index contributed by atoms with van der Waals surface area (Å²) in [6.45, 7) is 2.23. The molecule has 2 saturated carbocycles. The third kappa shape index (κ3) is 2.35. The number of hydrogen-bond acceptors (Lipinski definition) is 2. The SMILES string of the molecule is BrCC1(CN(Cc2ccco2)C2CC2)CC1. The molecule has 1 aromatic rings. The van der Waals surface area contributed by atoms with E-state index >= 15 is 0 Å². The minimum Gasteiger partial charge on any atom is -0.468 e. The number of nitrogens with zero attached hydrogens (tertiary/aromatic N) is 1. The van der Waals surface area contributed by atoms with E-state index in [4.69, 9.17) is 4.42 Å². The Morgan fingerprint density at radius 1 is 1.44 bits per heavy atom. The molecule has 2 nitrogen and oxygen atoms in total. The molecule has 3 rings (SSSR count). The van der Waals surface area contributed by atoms with Gasteiger partial charge in [0.05, 0.1) is 12.8 Å². The Kier molecular flexibility index (Phi) is 2.84. The maximum absolute atomic E-state index is 5.46. The van der Waals surface area contributed by atoms with Gasteiger partial charge in [0.25, 0.3) is 0 Å². The summed E-state index contributed by atoms with van der Waals surface area (Å²) in [7, 11) is 0. The summed E-state index contributed by atoms with van der Waals surface area (Å²) in [5.41, 5.74) is 0.579. The number of alkyl halides is 1. The zero-order valence-electron chi connectivity index (χ0n) is 9.49. The highest BCUT2D eigenvalue weighted by Crippen LogP contribution is 2.49. The maximum atomic E-state index is 5.46. The smallest absolute Gasteiger partial charge is 0.117 e. The fourth-order valence-corrected chi connectivity index (χ4v) is 3.04. The molecule has 0 spiro atoms. The van der Waals surface area contributed by atoms with E-state index in [-0.39, 0.29) is 0 Å². The molecule has 2 aliphatic carbocycles. The maximum Gasteiger partial charge on any atom is 0.117 e. The molecule has 0 unspecified atom stereocenters. The van der Waals surface area contributed by atoms with Gasteiger partial charge in [-0.2, -0.15) is 0 Å². The predicted octanol–water partition coefficient (Wildman–Crippen LogP) is 3.42. The van der Waals surface area contributed by atoms with Crippen molar-refractivity contribution in [3.63, 3.8) is 0 Å². The Morgan fingerprint density at radius 3 is 2.75 bits per heavy atom. The monoisotopic (exact) mass is 283 g/mol. The Balaban J connectivity index is 1.63. The van der Waals surface area contributed by atoms with Crippen LogP contribution in [0.25, 0.3) is 0 Å². The predicted molar refractivity (Wildman–Crippen MR) is 67.6 cm³/mol. The van der Waals surface area contributed by atoms with E-state index in [0.29, 0.717) is 5.41 Å². The van der Waals surface area contributed by atoms with Gasteiger partial charge < -0.3 is 4.42 Å². The molecule has 0 atom stereocenters. The zero-order chi connectivity index (χ0) is 11.0. The average Bonchev–Trinajstić information content (AvgIpc) is 3.20. The van der Waals surface area contributed by atoms with Crippen molar-refractivity contribution < 1.29 is 4.42 Å². The summed E-state index contributed by atoms with van der Waals surface area (Å²) < 4.78 is 5.46. The topological polar surface area (TPSA) is 16.4 Å². The first-order chi connectivity index (χ1) is 7.81. The van der Waals surface area contributed by atoms with Crippen molar-refractivity contribution in [3.05, 3.63) is 24.2 Å². The second kappa shape index (κ2) is 4.19. The molecule has 0 N–H and O–H groups in total. The van der Waals surface area contributed by atoms with Crippen LogP contribution in [0.4, 0.5) is 0 Å². The average molecular weight is 284 g/mol. The molecule has 2 aliphatic rings. The van der Waals surface area contributed by atoms with E-state index in [1.165, 1.54) is 32.2 Å². The van der Waals surface area contributed by atoms with E-state index in [1.807, 2.05) is 6.07 Å². The molecule has 0 saturated heterocycles. The van der Waals surface area contributed by atoms with Crippen molar-refractivity contribution in [1.29, 1.82) is 0 Å². The second-order valence-corrected chi connectivity index (χ2v) is 5.91. The quantitative estimate of drug-likeness (QED) is 0.744. The van der Waals surface area contributed by atoms with Crippen LogP contribution in [0.15, 0.2) is 22.8 Å². The van der Waals surface area contributed by atoms with E-state index in [2.05, 4.69) is 26.9 Å². The van der Waals surface area contributed by atoms with Gasteiger partial charge in [0.2, 0.25) is 0 Å². The molecular formula is C13H18BrNO. The molecule has 16 heavy (non-hydrogen) atoms. The van der Waals surface area contributed by atoms with Crippen molar-refractivity contribution in [1.82, 2.24) is 4.90 Å². The van der Waals surface area contributed by atoms with Crippen LogP contribution in [0.2, 0.25) is 0 Å². The Labute approximate surface area is 105 Å². The molecule has 2 fully saturated rings. The molecule has 0 aromatic carbocycles. The lowest BCUT2D eigenvalue weighted by Gasteiger charge is -2.25. The van der Waals surface area contributed by atoms with E-state index < -0.39 is 0 Å². The lowest BCUT2D eigenvalue weighted by molar-refractivity contribution is 0.197. The highest BCUT2D eigenvalue weighted by atomic mass is 79.9. The van der Waals surface area contributed by atoms with Crippen molar-refractivity contribution >= 4 is 15.9 Å². The summed E-state index contributed by atoms with van der Waals surface area (Å²) in [6.07, 6.45) is 7.30. The van der Waals surface area contributed by atoms with Gasteiger partial charge in [0.1, 0.15) is 5.76 Å². The third-order valence-electron chi connectivity index (χ3n) is 3.78. The normalized spacial score (nSPS) is 22.6. The summed E-state index contributed by atoms with van der Waals surface area (Å²) in [6, 6.07) is 4.89. The van der Waals surface area contributed by atoms with Crippen molar-refractivity contribution in [2.24, 2.45) is 5.41 Å². The first kappa shape index (κ1) is 10.8. The van der Waals surface area contributed by atoms with Gasteiger partial charge in [-0.05, 0) is 43.2 Å². The van der Waals surface area contributed by atoms with Gasteiger partial charge in [-0.25, -0.2) is 0 Å². The summed E-state index contributed by atoms with van der Waals surface area (Å²) in [5, 5.41) is 1.15. The Morgan fingerprint density at radius 2 is 2.25 bits per heavy atom. The minimum absolute atomic E-state index is 0.579. The van der Waals surface area contributed by atoms with Crippen molar-refractivity contribution in [3.8, 4) is 0 Å². The second-order valence-electron chi connectivity index (χ2n) is 5.35. The lowest BCUT2D eigenvalue weighted by atomic mass is 10.1. The lowest BCUT2D eigenvalue weighted by Crippen LogP contribution is -2.32.